The molecule has 5 nitrogen and oxygen atoms in total. The van der Waals surface area contributed by atoms with Crippen molar-refractivity contribution in [3.05, 3.63) is 75.4 Å². The van der Waals surface area contributed by atoms with Crippen molar-refractivity contribution < 1.29 is 14.4 Å². The highest BCUT2D eigenvalue weighted by Crippen LogP contribution is 2.30. The first kappa shape index (κ1) is 17.7. The van der Waals surface area contributed by atoms with Crippen LogP contribution in [0, 0.1) is 3.57 Å². The third-order valence-corrected chi connectivity index (χ3v) is 5.27. The zero-order chi connectivity index (χ0) is 19.0. The molecule has 1 heterocycles. The molecule has 27 heavy (non-hydrogen) atoms. The maximum atomic E-state index is 12.8. The van der Waals surface area contributed by atoms with E-state index in [-0.39, 0.29) is 30.7 Å². The summed E-state index contributed by atoms with van der Waals surface area (Å²) in [5.74, 6) is -0.952. The van der Waals surface area contributed by atoms with Crippen molar-refractivity contribution in [2.24, 2.45) is 0 Å². The van der Waals surface area contributed by atoms with E-state index < -0.39 is 0 Å². The molecule has 0 spiro atoms. The first-order valence-electron chi connectivity index (χ1n) is 8.48. The highest BCUT2D eigenvalue weighted by atomic mass is 127. The van der Waals surface area contributed by atoms with Crippen LogP contribution in [-0.2, 0) is 4.79 Å². The quantitative estimate of drug-likeness (QED) is 0.462. The molecule has 4 rings (SSSR count). The summed E-state index contributed by atoms with van der Waals surface area (Å²) in [7, 11) is 0. The van der Waals surface area contributed by atoms with Gasteiger partial charge in [0, 0.05) is 38.7 Å². The van der Waals surface area contributed by atoms with Crippen LogP contribution in [0.3, 0.4) is 0 Å². The van der Waals surface area contributed by atoms with Gasteiger partial charge in [-0.15, -0.1) is 0 Å². The molecular formula is C21H15IN2O3. The topological polar surface area (TPSA) is 66.5 Å². The van der Waals surface area contributed by atoms with Crippen molar-refractivity contribution in [2.75, 3.05) is 11.9 Å². The van der Waals surface area contributed by atoms with Crippen LogP contribution in [0.15, 0.2) is 60.7 Å². The fraction of sp³-hybridized carbons (Fsp3) is 0.0952. The molecule has 0 fully saturated rings. The van der Waals surface area contributed by atoms with E-state index in [4.69, 9.17) is 0 Å². The van der Waals surface area contributed by atoms with E-state index in [0.29, 0.717) is 22.2 Å². The average molecular weight is 470 g/mol. The summed E-state index contributed by atoms with van der Waals surface area (Å²) in [5, 5.41) is 4.34. The normalized spacial score (nSPS) is 13.1. The van der Waals surface area contributed by atoms with Gasteiger partial charge in [0.05, 0.1) is 0 Å². The molecule has 0 atom stereocenters. The maximum Gasteiger partial charge on any atom is 0.261 e. The Hall–Kier alpha value is -2.74. The summed E-state index contributed by atoms with van der Waals surface area (Å²) < 4.78 is 1.07. The Morgan fingerprint density at radius 1 is 0.889 bits per heavy atom. The second-order valence-corrected chi connectivity index (χ2v) is 7.52. The molecule has 3 aromatic carbocycles. The number of imide groups is 1. The Balaban J connectivity index is 1.52. The molecule has 0 aliphatic carbocycles. The largest absolute Gasteiger partial charge is 0.326 e. The molecule has 0 bridgehead atoms. The number of carbonyl (C=O) groups is 3. The van der Waals surface area contributed by atoms with E-state index in [1.807, 2.05) is 36.4 Å². The van der Waals surface area contributed by atoms with Crippen molar-refractivity contribution in [1.29, 1.82) is 0 Å². The van der Waals surface area contributed by atoms with Crippen LogP contribution in [-0.4, -0.2) is 29.2 Å². The van der Waals surface area contributed by atoms with Crippen LogP contribution in [0.2, 0.25) is 0 Å². The molecule has 0 saturated heterocycles. The lowest BCUT2D eigenvalue weighted by Gasteiger charge is -2.27. The molecule has 1 aliphatic heterocycles. The van der Waals surface area contributed by atoms with Crippen molar-refractivity contribution in [1.82, 2.24) is 4.90 Å². The van der Waals surface area contributed by atoms with Gasteiger partial charge in [0.15, 0.2) is 0 Å². The summed E-state index contributed by atoms with van der Waals surface area (Å²) in [6.07, 6.45) is 0.0433. The molecule has 3 amide bonds. The number of hydrogen-bond donors (Lipinski definition) is 1. The lowest BCUT2D eigenvalue weighted by atomic mass is 9.94. The van der Waals surface area contributed by atoms with E-state index in [1.165, 1.54) is 0 Å². The number of nitrogens with one attached hydrogen (secondary N) is 1. The number of halogens is 1. The van der Waals surface area contributed by atoms with E-state index in [1.54, 1.807) is 24.3 Å². The summed E-state index contributed by atoms with van der Waals surface area (Å²) in [5.41, 5.74) is 1.69. The molecule has 134 valence electrons. The molecular weight excluding hydrogens is 455 g/mol. The van der Waals surface area contributed by atoms with Gasteiger partial charge in [-0.1, -0.05) is 24.3 Å². The Bertz CT molecular complexity index is 1030. The van der Waals surface area contributed by atoms with Crippen LogP contribution in [0.4, 0.5) is 5.69 Å². The lowest BCUT2D eigenvalue weighted by molar-refractivity contribution is -0.116. The van der Waals surface area contributed by atoms with Crippen LogP contribution < -0.4 is 5.32 Å². The van der Waals surface area contributed by atoms with Crippen molar-refractivity contribution in [3.8, 4) is 0 Å². The Kier molecular flexibility index (Phi) is 4.65. The number of hydrogen-bond acceptors (Lipinski definition) is 3. The van der Waals surface area contributed by atoms with Crippen molar-refractivity contribution >= 4 is 56.8 Å². The van der Waals surface area contributed by atoms with E-state index in [9.17, 15) is 14.4 Å². The molecule has 1 N–H and O–H groups in total. The van der Waals surface area contributed by atoms with E-state index in [0.717, 1.165) is 13.9 Å². The molecule has 0 aromatic heterocycles. The Morgan fingerprint density at radius 3 is 2.07 bits per heavy atom. The summed E-state index contributed by atoms with van der Waals surface area (Å²) in [6, 6.07) is 18.2. The number of rotatable bonds is 4. The number of anilines is 1. The second-order valence-electron chi connectivity index (χ2n) is 6.28. The molecule has 0 saturated carbocycles. The minimum Gasteiger partial charge on any atom is -0.326 e. The summed E-state index contributed by atoms with van der Waals surface area (Å²) >= 11 is 2.19. The van der Waals surface area contributed by atoms with E-state index in [2.05, 4.69) is 27.9 Å². The van der Waals surface area contributed by atoms with Gasteiger partial charge in [0.25, 0.3) is 11.8 Å². The Morgan fingerprint density at radius 2 is 1.48 bits per heavy atom. The highest BCUT2D eigenvalue weighted by Gasteiger charge is 2.32. The highest BCUT2D eigenvalue weighted by molar-refractivity contribution is 14.1. The molecule has 3 aromatic rings. The van der Waals surface area contributed by atoms with Gasteiger partial charge in [0.1, 0.15) is 0 Å². The van der Waals surface area contributed by atoms with Gasteiger partial charge < -0.3 is 5.32 Å². The predicted molar refractivity (Wildman–Crippen MR) is 112 cm³/mol. The zero-order valence-corrected chi connectivity index (χ0v) is 16.4. The molecule has 0 radical (unpaired) electrons. The maximum absolute atomic E-state index is 12.8. The van der Waals surface area contributed by atoms with E-state index >= 15 is 0 Å². The molecule has 1 aliphatic rings. The summed E-state index contributed by atoms with van der Waals surface area (Å²) in [6.45, 7) is 0.0403. The van der Waals surface area contributed by atoms with Crippen LogP contribution in [0.1, 0.15) is 27.1 Å². The number of amides is 3. The fourth-order valence-corrected chi connectivity index (χ4v) is 3.61. The number of carbonyl (C=O) groups excluding carboxylic acids is 3. The lowest BCUT2D eigenvalue weighted by Crippen LogP contribution is -2.41. The monoisotopic (exact) mass is 470 g/mol. The average Bonchev–Trinajstić information content (AvgIpc) is 2.67. The van der Waals surface area contributed by atoms with Gasteiger partial charge >= 0.3 is 0 Å². The number of benzene rings is 3. The standard InChI is InChI=1S/C21H15IN2O3/c22-14-7-9-15(10-8-14)23-18(25)11-12-24-20(26)16-5-1-3-13-4-2-6-17(19(13)16)21(24)27/h1-10H,11-12H2,(H,23,25). The second kappa shape index (κ2) is 7.11. The first-order chi connectivity index (χ1) is 13.0. The fourth-order valence-electron chi connectivity index (χ4n) is 3.25. The van der Waals surface area contributed by atoms with Crippen molar-refractivity contribution in [2.45, 2.75) is 6.42 Å². The minimum absolute atomic E-state index is 0.0403. The Labute approximate surface area is 169 Å². The third-order valence-electron chi connectivity index (χ3n) is 4.55. The van der Waals surface area contributed by atoms with Crippen molar-refractivity contribution in [3.63, 3.8) is 0 Å². The molecule has 6 heteroatoms. The molecule has 0 unspecified atom stereocenters. The van der Waals surface area contributed by atoms with Gasteiger partial charge in [-0.25, -0.2) is 0 Å². The SMILES string of the molecule is O=C(CCN1C(=O)c2cccc3cccc(c23)C1=O)Nc1ccc(I)cc1. The van der Waals surface area contributed by atoms with Crippen LogP contribution >= 0.6 is 22.6 Å². The van der Waals surface area contributed by atoms with Crippen LogP contribution in [0.5, 0.6) is 0 Å². The van der Waals surface area contributed by atoms with Gasteiger partial charge in [-0.3, -0.25) is 19.3 Å². The zero-order valence-electron chi connectivity index (χ0n) is 14.2. The van der Waals surface area contributed by atoms with Gasteiger partial charge in [-0.05, 0) is 64.4 Å². The number of nitrogens with zero attached hydrogens (tertiary/aromatic N) is 1. The third kappa shape index (κ3) is 3.32. The van der Waals surface area contributed by atoms with Crippen LogP contribution in [0.25, 0.3) is 10.8 Å². The predicted octanol–water partition coefficient (Wildman–Crippen LogP) is 4.07. The smallest absolute Gasteiger partial charge is 0.261 e. The summed E-state index contributed by atoms with van der Waals surface area (Å²) in [4.78, 5) is 39.0. The minimum atomic E-state index is -0.355. The van der Waals surface area contributed by atoms with Gasteiger partial charge in [-0.2, -0.15) is 0 Å². The van der Waals surface area contributed by atoms with Gasteiger partial charge in [0.2, 0.25) is 5.91 Å². The first-order valence-corrected chi connectivity index (χ1v) is 9.56.